The van der Waals surface area contributed by atoms with E-state index in [4.69, 9.17) is 6.42 Å². The summed E-state index contributed by atoms with van der Waals surface area (Å²) < 4.78 is 3.76. The maximum Gasteiger partial charge on any atom is 0.330 e. The Bertz CT molecular complexity index is 916. The lowest BCUT2D eigenvalue weighted by Crippen LogP contribution is -2.43. The van der Waals surface area contributed by atoms with Crippen LogP contribution in [0.2, 0.25) is 0 Å². The van der Waals surface area contributed by atoms with Crippen LogP contribution < -0.4 is 5.69 Å². The molecule has 1 aliphatic carbocycles. The predicted molar refractivity (Wildman–Crippen MR) is 120 cm³/mol. The molecule has 2 aromatic rings. The van der Waals surface area contributed by atoms with Gasteiger partial charge in [-0.05, 0) is 43.2 Å². The summed E-state index contributed by atoms with van der Waals surface area (Å²) in [5.74, 6) is 2.64. The monoisotopic (exact) mass is 393 g/mol. The highest BCUT2D eigenvalue weighted by Gasteiger charge is 2.31. The molecule has 0 N–H and O–H groups in total. The van der Waals surface area contributed by atoms with E-state index in [1.807, 2.05) is 22.8 Å². The van der Waals surface area contributed by atoms with Crippen molar-refractivity contribution in [3.63, 3.8) is 0 Å². The van der Waals surface area contributed by atoms with Gasteiger partial charge >= 0.3 is 5.69 Å². The van der Waals surface area contributed by atoms with Gasteiger partial charge < -0.3 is 4.90 Å². The fourth-order valence-corrected chi connectivity index (χ4v) is 5.62. The smallest absolute Gasteiger partial charge is 0.303 e. The molecule has 2 fully saturated rings. The second kappa shape index (κ2) is 8.79. The summed E-state index contributed by atoms with van der Waals surface area (Å²) in [6, 6.07) is 8.34. The number of likely N-dealkylation sites (tertiary alicyclic amines) is 1. The second-order valence-corrected chi connectivity index (χ2v) is 9.52. The second-order valence-electron chi connectivity index (χ2n) is 9.52. The van der Waals surface area contributed by atoms with Crippen LogP contribution in [-0.2, 0) is 6.54 Å². The number of benzene rings is 1. The largest absolute Gasteiger partial charge is 0.330 e. The maximum absolute atomic E-state index is 13.1. The highest BCUT2D eigenvalue weighted by molar-refractivity contribution is 5.76. The van der Waals surface area contributed by atoms with Crippen LogP contribution in [0.1, 0.15) is 70.8 Å². The van der Waals surface area contributed by atoms with Crippen molar-refractivity contribution in [1.29, 1.82) is 0 Å². The van der Waals surface area contributed by atoms with E-state index >= 15 is 0 Å². The highest BCUT2D eigenvalue weighted by atomic mass is 16.1. The Morgan fingerprint density at radius 2 is 1.66 bits per heavy atom. The lowest BCUT2D eigenvalue weighted by Gasteiger charge is -2.40. The first kappa shape index (κ1) is 20.3. The fourth-order valence-electron chi connectivity index (χ4n) is 5.62. The predicted octanol–water partition coefficient (Wildman–Crippen LogP) is 4.82. The number of fused-ring (bicyclic) bond motifs is 1. The van der Waals surface area contributed by atoms with Gasteiger partial charge in [0.2, 0.25) is 0 Å². The minimum Gasteiger partial charge on any atom is -0.303 e. The fraction of sp³-hybridized carbons (Fsp3) is 0.640. The minimum atomic E-state index is 0.0505. The van der Waals surface area contributed by atoms with Crippen LogP contribution in [-0.4, -0.2) is 33.7 Å². The molecular formula is C25H35N3O. The normalized spacial score (nSPS) is 21.5. The van der Waals surface area contributed by atoms with Crippen molar-refractivity contribution in [2.75, 3.05) is 19.6 Å². The van der Waals surface area contributed by atoms with Crippen LogP contribution in [0.25, 0.3) is 11.0 Å². The Morgan fingerprint density at radius 1 is 1.03 bits per heavy atom. The van der Waals surface area contributed by atoms with Gasteiger partial charge in [0.1, 0.15) is 0 Å². The average Bonchev–Trinajstić information content (AvgIpc) is 2.98. The number of terminal acetylenes is 1. The number of nitrogens with zero attached hydrogens (tertiary/aromatic N) is 3. The Kier molecular flexibility index (Phi) is 6.15. The van der Waals surface area contributed by atoms with E-state index in [0.29, 0.717) is 12.0 Å². The summed E-state index contributed by atoms with van der Waals surface area (Å²) in [7, 11) is 0. The lowest BCUT2D eigenvalue weighted by molar-refractivity contribution is 0.101. The summed E-state index contributed by atoms with van der Waals surface area (Å²) in [5, 5.41) is 0. The zero-order chi connectivity index (χ0) is 20.3. The van der Waals surface area contributed by atoms with Crippen LogP contribution >= 0.6 is 0 Å². The first-order valence-electron chi connectivity index (χ1n) is 11.5. The number of hydrogen-bond acceptors (Lipinski definition) is 2. The Labute approximate surface area is 174 Å². The molecule has 0 atom stereocenters. The molecule has 0 unspecified atom stereocenters. The minimum absolute atomic E-state index is 0.0505. The molecule has 4 heteroatoms. The van der Waals surface area contributed by atoms with Gasteiger partial charge in [0.25, 0.3) is 0 Å². The average molecular weight is 394 g/mol. The third-order valence-corrected chi connectivity index (χ3v) is 7.21. The first-order valence-corrected chi connectivity index (χ1v) is 11.5. The summed E-state index contributed by atoms with van der Waals surface area (Å²) >= 11 is 0. The molecule has 1 aliphatic heterocycles. The van der Waals surface area contributed by atoms with Crippen molar-refractivity contribution in [2.45, 2.75) is 77.3 Å². The summed E-state index contributed by atoms with van der Waals surface area (Å²) in [4.78, 5) is 15.8. The van der Waals surface area contributed by atoms with Crippen molar-refractivity contribution >= 4 is 11.0 Å². The third-order valence-electron chi connectivity index (χ3n) is 7.21. The molecule has 1 saturated heterocycles. The van der Waals surface area contributed by atoms with Gasteiger partial charge in [-0.1, -0.05) is 57.1 Å². The molecule has 2 aliphatic rings. The van der Waals surface area contributed by atoms with Crippen LogP contribution in [0.3, 0.4) is 0 Å². The number of piperidine rings is 1. The molecule has 1 aromatic carbocycles. The number of aromatic nitrogens is 2. The number of rotatable bonds is 4. The molecular weight excluding hydrogens is 358 g/mol. The molecule has 0 bridgehead atoms. The van der Waals surface area contributed by atoms with Crippen LogP contribution in [0, 0.1) is 17.8 Å². The first-order chi connectivity index (χ1) is 14.1. The van der Waals surface area contributed by atoms with Gasteiger partial charge in [-0.3, -0.25) is 9.13 Å². The van der Waals surface area contributed by atoms with E-state index in [9.17, 15) is 4.79 Å². The summed E-state index contributed by atoms with van der Waals surface area (Å²) in [6.45, 7) is 6.22. The van der Waals surface area contributed by atoms with Crippen LogP contribution in [0.5, 0.6) is 0 Å². The summed E-state index contributed by atoms with van der Waals surface area (Å²) in [6.07, 6.45) is 17.3. The van der Waals surface area contributed by atoms with Crippen molar-refractivity contribution in [2.24, 2.45) is 5.41 Å². The Morgan fingerprint density at radius 3 is 2.31 bits per heavy atom. The number of imidazole rings is 1. The Balaban J connectivity index is 1.47. The molecule has 1 aromatic heterocycles. The van der Waals surface area contributed by atoms with Gasteiger partial charge in [-0.15, -0.1) is 6.42 Å². The van der Waals surface area contributed by atoms with E-state index in [-0.39, 0.29) is 11.7 Å². The van der Waals surface area contributed by atoms with Crippen molar-refractivity contribution in [3.05, 3.63) is 34.7 Å². The van der Waals surface area contributed by atoms with E-state index in [0.717, 1.165) is 37.0 Å². The molecule has 29 heavy (non-hydrogen) atoms. The molecule has 156 valence electrons. The van der Waals surface area contributed by atoms with Crippen molar-refractivity contribution < 1.29 is 0 Å². The Hall–Kier alpha value is -1.99. The standard InChI is InChI=1S/C25H35N3O/c1-3-17-27-22-11-7-8-12-23(22)28(24(27)29)21-13-18-26(19-14-21)20-25(2)15-9-5-4-6-10-16-25/h1,7-8,11-12,21H,4-6,9-10,13-20H2,2H3. The van der Waals surface area contributed by atoms with Gasteiger partial charge in [0.05, 0.1) is 17.6 Å². The molecule has 2 heterocycles. The maximum atomic E-state index is 13.1. The lowest BCUT2D eigenvalue weighted by atomic mass is 9.77. The van der Waals surface area contributed by atoms with Crippen LogP contribution in [0.4, 0.5) is 0 Å². The molecule has 4 rings (SSSR count). The summed E-state index contributed by atoms with van der Waals surface area (Å²) in [5.41, 5.74) is 2.50. The van der Waals surface area contributed by atoms with Gasteiger partial charge in [0.15, 0.2) is 0 Å². The van der Waals surface area contributed by atoms with Gasteiger partial charge in [-0.25, -0.2) is 4.79 Å². The van der Waals surface area contributed by atoms with Crippen LogP contribution in [0.15, 0.2) is 29.1 Å². The van der Waals surface area contributed by atoms with E-state index in [1.54, 1.807) is 4.57 Å². The van der Waals surface area contributed by atoms with E-state index in [1.165, 1.54) is 51.5 Å². The third kappa shape index (κ3) is 4.31. The molecule has 0 radical (unpaired) electrons. The zero-order valence-electron chi connectivity index (χ0n) is 17.9. The molecule has 0 spiro atoms. The molecule has 4 nitrogen and oxygen atoms in total. The van der Waals surface area contributed by atoms with E-state index < -0.39 is 0 Å². The zero-order valence-corrected chi connectivity index (χ0v) is 17.9. The number of para-hydroxylation sites is 2. The topological polar surface area (TPSA) is 30.2 Å². The van der Waals surface area contributed by atoms with E-state index in [2.05, 4.69) is 23.8 Å². The SMILES string of the molecule is C#CCn1c(=O)n(C2CCN(CC3(C)CCCCCCC3)CC2)c2ccccc21. The molecule has 0 amide bonds. The quantitative estimate of drug-likeness (QED) is 0.697. The van der Waals surface area contributed by atoms with Gasteiger partial charge in [-0.2, -0.15) is 0 Å². The highest BCUT2D eigenvalue weighted by Crippen LogP contribution is 2.36. The number of hydrogen-bond donors (Lipinski definition) is 0. The van der Waals surface area contributed by atoms with Gasteiger partial charge in [0, 0.05) is 25.7 Å². The van der Waals surface area contributed by atoms with Crippen molar-refractivity contribution in [1.82, 2.24) is 14.0 Å². The molecule has 1 saturated carbocycles. The van der Waals surface area contributed by atoms with Crippen molar-refractivity contribution in [3.8, 4) is 12.3 Å².